The number of hydrogen-bond acceptors (Lipinski definition) is 5. The first-order valence-electron chi connectivity index (χ1n) is 9.75. The molecule has 6 nitrogen and oxygen atoms in total. The molecule has 3 aliphatic rings. The minimum absolute atomic E-state index is 0.0779. The predicted molar refractivity (Wildman–Crippen MR) is 100.0 cm³/mol. The van der Waals surface area contributed by atoms with Crippen LogP contribution in [0.2, 0.25) is 0 Å². The summed E-state index contributed by atoms with van der Waals surface area (Å²) >= 11 is 0. The number of carbonyl (C=O) groups excluding carboxylic acids is 1. The van der Waals surface area contributed by atoms with E-state index in [4.69, 9.17) is 5.26 Å². The van der Waals surface area contributed by atoms with Crippen LogP contribution in [-0.4, -0.2) is 47.5 Å². The van der Waals surface area contributed by atoms with E-state index >= 15 is 0 Å². The van der Waals surface area contributed by atoms with E-state index < -0.39 is 0 Å². The molecule has 2 N–H and O–H groups in total. The molecule has 3 atom stereocenters. The van der Waals surface area contributed by atoms with E-state index in [9.17, 15) is 4.79 Å². The highest BCUT2D eigenvalue weighted by Gasteiger charge is 2.31. The second-order valence-electron chi connectivity index (χ2n) is 7.78. The van der Waals surface area contributed by atoms with E-state index in [-0.39, 0.29) is 11.9 Å². The maximum Gasteiger partial charge on any atom is 0.237 e. The van der Waals surface area contributed by atoms with Gasteiger partial charge < -0.3 is 15.6 Å². The van der Waals surface area contributed by atoms with Gasteiger partial charge >= 0.3 is 0 Å². The third-order valence-corrected chi connectivity index (χ3v) is 5.94. The molecule has 2 aliphatic heterocycles. The summed E-state index contributed by atoms with van der Waals surface area (Å²) in [6, 6.07) is 10.9. The summed E-state index contributed by atoms with van der Waals surface area (Å²) in [6.45, 7) is 3.10. The molecule has 4 rings (SSSR count). The van der Waals surface area contributed by atoms with Crippen molar-refractivity contribution in [2.45, 2.75) is 50.7 Å². The van der Waals surface area contributed by atoms with E-state index in [0.717, 1.165) is 45.3 Å². The Morgan fingerprint density at radius 1 is 1.31 bits per heavy atom. The molecule has 0 unspecified atom stereocenters. The Bertz CT molecular complexity index is 675. The Hall–Kier alpha value is -2.10. The van der Waals surface area contributed by atoms with Crippen LogP contribution in [0.25, 0.3) is 0 Å². The number of benzene rings is 1. The molecule has 2 heterocycles. The van der Waals surface area contributed by atoms with E-state index in [0.29, 0.717) is 18.5 Å². The van der Waals surface area contributed by atoms with Crippen LogP contribution in [0.15, 0.2) is 24.3 Å². The SMILES string of the molecule is N#C[C@@H]1CCCN1C(=O)CN[C@H]1CC[C@@H](CN2Cc3ccccc3N2)C1. The first kappa shape index (κ1) is 17.3. The van der Waals surface area contributed by atoms with Gasteiger partial charge in [-0.25, -0.2) is 5.01 Å². The lowest BCUT2D eigenvalue weighted by molar-refractivity contribution is -0.130. The number of likely N-dealkylation sites (tertiary alicyclic amines) is 1. The number of para-hydroxylation sites is 1. The fourth-order valence-electron chi connectivity index (χ4n) is 4.56. The van der Waals surface area contributed by atoms with Gasteiger partial charge in [0.25, 0.3) is 0 Å². The molecule has 1 aromatic rings. The normalized spacial score (nSPS) is 28.0. The largest absolute Gasteiger partial charge is 0.326 e. The van der Waals surface area contributed by atoms with Crippen molar-refractivity contribution in [3.63, 3.8) is 0 Å². The molecule has 138 valence electrons. The quantitative estimate of drug-likeness (QED) is 0.848. The molecule has 1 saturated carbocycles. The van der Waals surface area contributed by atoms with Gasteiger partial charge in [0.1, 0.15) is 6.04 Å². The summed E-state index contributed by atoms with van der Waals surface area (Å²) in [5, 5.41) is 14.9. The van der Waals surface area contributed by atoms with Gasteiger partial charge in [-0.3, -0.25) is 4.79 Å². The number of hydrogen-bond donors (Lipinski definition) is 2. The van der Waals surface area contributed by atoms with Gasteiger partial charge in [-0.2, -0.15) is 5.26 Å². The van der Waals surface area contributed by atoms with Crippen molar-refractivity contribution in [1.82, 2.24) is 15.2 Å². The Kier molecular flexibility index (Phi) is 5.09. The molecule has 0 aromatic heterocycles. The van der Waals surface area contributed by atoms with Gasteiger partial charge in [-0.1, -0.05) is 18.2 Å². The van der Waals surface area contributed by atoms with Crippen molar-refractivity contribution in [1.29, 1.82) is 5.26 Å². The van der Waals surface area contributed by atoms with Crippen LogP contribution in [-0.2, 0) is 11.3 Å². The van der Waals surface area contributed by atoms with Gasteiger partial charge in [0, 0.05) is 25.7 Å². The van der Waals surface area contributed by atoms with Crippen LogP contribution in [0.4, 0.5) is 5.69 Å². The van der Waals surface area contributed by atoms with Crippen LogP contribution >= 0.6 is 0 Å². The van der Waals surface area contributed by atoms with Crippen molar-refractivity contribution in [3.8, 4) is 6.07 Å². The van der Waals surface area contributed by atoms with Crippen LogP contribution in [0.3, 0.4) is 0 Å². The maximum absolute atomic E-state index is 12.4. The first-order chi connectivity index (χ1) is 12.7. The van der Waals surface area contributed by atoms with E-state index in [1.165, 1.54) is 17.7 Å². The van der Waals surface area contributed by atoms with E-state index in [1.54, 1.807) is 4.90 Å². The molecular formula is C20H27N5O. The highest BCUT2D eigenvalue weighted by molar-refractivity contribution is 5.79. The molecule has 1 aliphatic carbocycles. The third-order valence-electron chi connectivity index (χ3n) is 5.94. The summed E-state index contributed by atoms with van der Waals surface area (Å²) in [5.74, 6) is 0.734. The molecule has 2 fully saturated rings. The minimum atomic E-state index is -0.219. The van der Waals surface area contributed by atoms with Crippen LogP contribution < -0.4 is 10.7 Å². The van der Waals surface area contributed by atoms with Crippen LogP contribution in [0.5, 0.6) is 0 Å². The average Bonchev–Trinajstić information content (AvgIpc) is 3.38. The number of fused-ring (bicyclic) bond motifs is 1. The lowest BCUT2D eigenvalue weighted by Crippen LogP contribution is -2.43. The Balaban J connectivity index is 1.20. The van der Waals surface area contributed by atoms with Crippen molar-refractivity contribution in [2.24, 2.45) is 5.92 Å². The summed E-state index contributed by atoms with van der Waals surface area (Å²) in [6.07, 6.45) is 5.20. The number of carbonyl (C=O) groups is 1. The molecule has 1 saturated heterocycles. The number of amides is 1. The summed E-state index contributed by atoms with van der Waals surface area (Å²) in [5.41, 5.74) is 6.09. The maximum atomic E-state index is 12.4. The highest BCUT2D eigenvalue weighted by Crippen LogP contribution is 2.30. The first-order valence-corrected chi connectivity index (χ1v) is 9.75. The number of hydrazine groups is 1. The molecular weight excluding hydrogens is 326 g/mol. The van der Waals surface area contributed by atoms with Crippen LogP contribution in [0.1, 0.15) is 37.7 Å². The smallest absolute Gasteiger partial charge is 0.237 e. The van der Waals surface area contributed by atoms with E-state index in [2.05, 4.69) is 46.1 Å². The fraction of sp³-hybridized carbons (Fsp3) is 0.600. The average molecular weight is 353 g/mol. The number of nitrogens with one attached hydrogen (secondary N) is 2. The molecule has 1 aromatic carbocycles. The Labute approximate surface area is 155 Å². The molecule has 1 amide bonds. The number of nitriles is 1. The Morgan fingerprint density at radius 3 is 3.04 bits per heavy atom. The second kappa shape index (κ2) is 7.65. The molecule has 0 spiro atoms. The molecule has 26 heavy (non-hydrogen) atoms. The van der Waals surface area contributed by atoms with Crippen molar-refractivity contribution < 1.29 is 4.79 Å². The summed E-state index contributed by atoms with van der Waals surface area (Å²) < 4.78 is 0. The molecule has 0 radical (unpaired) electrons. The molecule has 0 bridgehead atoms. The summed E-state index contributed by atoms with van der Waals surface area (Å²) in [4.78, 5) is 14.1. The minimum Gasteiger partial charge on any atom is -0.326 e. The van der Waals surface area contributed by atoms with Gasteiger partial charge in [0.05, 0.1) is 18.3 Å². The van der Waals surface area contributed by atoms with Crippen molar-refractivity contribution in [2.75, 3.05) is 25.1 Å². The fourth-order valence-corrected chi connectivity index (χ4v) is 4.56. The van der Waals surface area contributed by atoms with E-state index in [1.807, 2.05) is 0 Å². The van der Waals surface area contributed by atoms with Crippen LogP contribution in [0, 0.1) is 17.2 Å². The topological polar surface area (TPSA) is 71.4 Å². The highest BCUT2D eigenvalue weighted by atomic mass is 16.2. The van der Waals surface area contributed by atoms with Gasteiger partial charge in [0.2, 0.25) is 5.91 Å². The van der Waals surface area contributed by atoms with Gasteiger partial charge in [-0.15, -0.1) is 0 Å². The zero-order valence-electron chi connectivity index (χ0n) is 15.2. The number of nitrogens with zero attached hydrogens (tertiary/aromatic N) is 3. The standard InChI is InChI=1S/C20H27N5O/c21-11-18-5-3-9-25(18)20(26)12-22-17-8-7-15(10-17)13-24-14-16-4-1-2-6-19(16)23-24/h1-2,4,6,15,17-18,22-23H,3,5,7-10,12-14H2/t15-,17+,18+/m1/s1. The third kappa shape index (κ3) is 3.69. The number of rotatable bonds is 5. The monoisotopic (exact) mass is 353 g/mol. The van der Waals surface area contributed by atoms with Crippen molar-refractivity contribution >= 4 is 11.6 Å². The zero-order chi connectivity index (χ0) is 17.9. The Morgan fingerprint density at radius 2 is 2.19 bits per heavy atom. The zero-order valence-corrected chi connectivity index (χ0v) is 15.2. The molecule has 6 heteroatoms. The van der Waals surface area contributed by atoms with Crippen molar-refractivity contribution in [3.05, 3.63) is 29.8 Å². The predicted octanol–water partition coefficient (Wildman–Crippen LogP) is 2.10. The number of anilines is 1. The second-order valence-corrected chi connectivity index (χ2v) is 7.78. The van der Waals surface area contributed by atoms with Gasteiger partial charge in [0.15, 0.2) is 0 Å². The van der Waals surface area contributed by atoms with Gasteiger partial charge in [-0.05, 0) is 49.7 Å². The lowest BCUT2D eigenvalue weighted by atomic mass is 10.1. The lowest BCUT2D eigenvalue weighted by Gasteiger charge is -2.22. The summed E-state index contributed by atoms with van der Waals surface area (Å²) in [7, 11) is 0.